The van der Waals surface area contributed by atoms with E-state index in [9.17, 15) is 14.4 Å². The van der Waals surface area contributed by atoms with E-state index < -0.39 is 29.0 Å². The number of ether oxygens (including phenoxy) is 2. The van der Waals surface area contributed by atoms with Gasteiger partial charge < -0.3 is 19.3 Å². The molecule has 1 amide bonds. The van der Waals surface area contributed by atoms with Crippen LogP contribution in [-0.2, 0) is 19.1 Å². The minimum atomic E-state index is -1.03. The highest BCUT2D eigenvalue weighted by Crippen LogP contribution is 2.51. The highest BCUT2D eigenvalue weighted by molar-refractivity contribution is 8.01. The van der Waals surface area contributed by atoms with Crippen LogP contribution in [0.1, 0.15) is 60.3 Å². The molecule has 0 aliphatic carbocycles. The number of aliphatic imine (C=N–C) groups is 1. The molecule has 0 spiro atoms. The standard InChI is InChI=1S/C21H33N3O5S/c1-20(2,3)12-28-19(27)29-18(26)15-21(4,5)30-17-14(16(25)24(15)17)22-13-23-10-8-6-7-9-11-23/h13-15,17H,6-12H2,1-5H3/t14-,15+,17-/m1/s1. The Hall–Kier alpha value is -1.77. The van der Waals surface area contributed by atoms with E-state index in [0.717, 1.165) is 25.9 Å². The van der Waals surface area contributed by atoms with Crippen molar-refractivity contribution in [1.29, 1.82) is 0 Å². The largest absolute Gasteiger partial charge is 0.516 e. The fraction of sp³-hybridized carbons (Fsp3) is 0.810. The number of carbonyl (C=O) groups excluding carboxylic acids is 3. The zero-order valence-electron chi connectivity index (χ0n) is 18.6. The Labute approximate surface area is 182 Å². The molecule has 8 nitrogen and oxygen atoms in total. The van der Waals surface area contributed by atoms with Gasteiger partial charge in [-0.2, -0.15) is 0 Å². The van der Waals surface area contributed by atoms with Gasteiger partial charge in [0.15, 0.2) is 6.04 Å². The van der Waals surface area contributed by atoms with Crippen molar-refractivity contribution in [2.45, 2.75) is 82.5 Å². The Morgan fingerprint density at radius 1 is 1.20 bits per heavy atom. The molecule has 9 heteroatoms. The average Bonchev–Trinajstić information content (AvgIpc) is 2.79. The van der Waals surface area contributed by atoms with Gasteiger partial charge in [-0.3, -0.25) is 9.79 Å². The Morgan fingerprint density at radius 2 is 1.83 bits per heavy atom. The van der Waals surface area contributed by atoms with Crippen LogP contribution < -0.4 is 0 Å². The molecule has 0 aromatic carbocycles. The van der Waals surface area contributed by atoms with Crippen molar-refractivity contribution in [2.75, 3.05) is 19.7 Å². The molecule has 0 aromatic heterocycles. The van der Waals surface area contributed by atoms with Crippen molar-refractivity contribution in [2.24, 2.45) is 10.4 Å². The van der Waals surface area contributed by atoms with Gasteiger partial charge in [0.2, 0.25) is 0 Å². The van der Waals surface area contributed by atoms with E-state index in [2.05, 4.69) is 9.89 Å². The minimum absolute atomic E-state index is 0.139. The van der Waals surface area contributed by atoms with Gasteiger partial charge in [0.1, 0.15) is 11.4 Å². The smallest absolute Gasteiger partial charge is 0.433 e. The Kier molecular flexibility index (Phi) is 6.69. The van der Waals surface area contributed by atoms with Gasteiger partial charge in [-0.25, -0.2) is 9.59 Å². The van der Waals surface area contributed by atoms with Gasteiger partial charge in [0.05, 0.1) is 12.9 Å². The number of rotatable bonds is 4. The van der Waals surface area contributed by atoms with Crippen LogP contribution in [0.4, 0.5) is 4.79 Å². The van der Waals surface area contributed by atoms with E-state index in [0.29, 0.717) is 0 Å². The number of amides is 1. The summed E-state index contributed by atoms with van der Waals surface area (Å²) in [6.07, 6.45) is 5.52. The van der Waals surface area contributed by atoms with Crippen molar-refractivity contribution >= 4 is 36.1 Å². The molecule has 3 aliphatic rings. The zero-order chi connectivity index (χ0) is 22.1. The number of hydrogen-bond donors (Lipinski definition) is 0. The molecule has 0 bridgehead atoms. The van der Waals surface area contributed by atoms with Crippen LogP contribution in [0.25, 0.3) is 0 Å². The average molecular weight is 440 g/mol. The first-order valence-corrected chi connectivity index (χ1v) is 11.5. The lowest BCUT2D eigenvalue weighted by Crippen LogP contribution is -2.65. The molecule has 0 unspecified atom stereocenters. The van der Waals surface area contributed by atoms with Crippen LogP contribution >= 0.6 is 11.8 Å². The molecule has 0 aromatic rings. The molecular formula is C21H33N3O5S. The summed E-state index contributed by atoms with van der Waals surface area (Å²) in [4.78, 5) is 45.6. The normalized spacial score (nSPS) is 28.7. The molecule has 0 N–H and O–H groups in total. The summed E-state index contributed by atoms with van der Waals surface area (Å²) in [5.74, 6) is -0.952. The molecule has 168 valence electrons. The van der Waals surface area contributed by atoms with Crippen LogP contribution in [0, 0.1) is 5.41 Å². The second-order valence-electron chi connectivity index (χ2n) is 9.94. The zero-order valence-corrected chi connectivity index (χ0v) is 19.4. The number of fused-ring (bicyclic) bond motifs is 1. The fourth-order valence-electron chi connectivity index (χ4n) is 3.93. The van der Waals surface area contributed by atoms with Crippen molar-refractivity contribution in [3.63, 3.8) is 0 Å². The third-order valence-electron chi connectivity index (χ3n) is 5.47. The first-order valence-electron chi connectivity index (χ1n) is 10.7. The summed E-state index contributed by atoms with van der Waals surface area (Å²) in [5.41, 5.74) is -0.234. The summed E-state index contributed by atoms with van der Waals surface area (Å²) in [6, 6.07) is -1.34. The minimum Gasteiger partial charge on any atom is -0.433 e. The van der Waals surface area contributed by atoms with Crippen LogP contribution in [0.2, 0.25) is 0 Å². The molecule has 3 saturated heterocycles. The topological polar surface area (TPSA) is 88.5 Å². The van der Waals surface area contributed by atoms with Gasteiger partial charge in [0, 0.05) is 17.8 Å². The van der Waals surface area contributed by atoms with Crippen molar-refractivity contribution < 1.29 is 23.9 Å². The predicted molar refractivity (Wildman–Crippen MR) is 115 cm³/mol. The van der Waals surface area contributed by atoms with Crippen LogP contribution in [0.3, 0.4) is 0 Å². The van der Waals surface area contributed by atoms with E-state index in [-0.39, 0.29) is 23.3 Å². The lowest BCUT2D eigenvalue weighted by Gasteiger charge is -2.41. The molecule has 3 aliphatic heterocycles. The van der Waals surface area contributed by atoms with E-state index in [4.69, 9.17) is 9.47 Å². The highest BCUT2D eigenvalue weighted by atomic mass is 32.2. The first-order chi connectivity index (χ1) is 14.0. The van der Waals surface area contributed by atoms with Gasteiger partial charge in [-0.1, -0.05) is 33.6 Å². The van der Waals surface area contributed by atoms with Crippen molar-refractivity contribution in [3.8, 4) is 0 Å². The predicted octanol–water partition coefficient (Wildman–Crippen LogP) is 3.05. The molecule has 3 heterocycles. The van der Waals surface area contributed by atoms with E-state index in [1.165, 1.54) is 29.5 Å². The van der Waals surface area contributed by atoms with E-state index >= 15 is 0 Å². The number of esters is 1. The van der Waals surface area contributed by atoms with Crippen molar-refractivity contribution in [3.05, 3.63) is 0 Å². The quantitative estimate of drug-likeness (QED) is 0.219. The van der Waals surface area contributed by atoms with E-state index in [1.807, 2.05) is 34.6 Å². The van der Waals surface area contributed by atoms with Gasteiger partial charge in [-0.15, -0.1) is 11.8 Å². The molecule has 3 rings (SSSR count). The Balaban J connectivity index is 1.61. The third-order valence-corrected chi connectivity index (χ3v) is 7.03. The number of hydrogen-bond acceptors (Lipinski definition) is 7. The monoisotopic (exact) mass is 439 g/mol. The summed E-state index contributed by atoms with van der Waals surface area (Å²) >= 11 is 1.52. The fourth-order valence-corrected chi connectivity index (χ4v) is 5.55. The molecule has 30 heavy (non-hydrogen) atoms. The second-order valence-corrected chi connectivity index (χ2v) is 11.7. The molecule has 0 radical (unpaired) electrons. The highest BCUT2D eigenvalue weighted by Gasteiger charge is 2.64. The molecule has 3 atom stereocenters. The summed E-state index contributed by atoms with van der Waals surface area (Å²) in [7, 11) is 0. The third kappa shape index (κ3) is 5.10. The van der Waals surface area contributed by atoms with Gasteiger partial charge >= 0.3 is 12.1 Å². The number of thioether (sulfide) groups is 1. The summed E-state index contributed by atoms with van der Waals surface area (Å²) in [5, 5.41) is -0.223. The van der Waals surface area contributed by atoms with Crippen LogP contribution in [0.5, 0.6) is 0 Å². The lowest BCUT2D eigenvalue weighted by atomic mass is 9.96. The number of likely N-dealkylation sites (tertiary alicyclic amines) is 1. The molecule has 0 saturated carbocycles. The first kappa shape index (κ1) is 22.9. The van der Waals surface area contributed by atoms with Crippen LogP contribution in [-0.4, -0.2) is 76.1 Å². The maximum absolute atomic E-state index is 12.8. The number of β-lactam (4-membered cyclic amide) rings is 1. The lowest BCUT2D eigenvalue weighted by molar-refractivity contribution is -0.160. The summed E-state index contributed by atoms with van der Waals surface area (Å²) < 4.78 is 9.36. The van der Waals surface area contributed by atoms with Crippen LogP contribution in [0.15, 0.2) is 4.99 Å². The Bertz CT molecular complexity index is 710. The molecule has 3 fully saturated rings. The number of carbonyl (C=O) groups is 3. The van der Waals surface area contributed by atoms with E-state index in [1.54, 1.807) is 6.34 Å². The SMILES string of the molecule is CC(C)(C)COC(=O)OC(=O)[C@@H]1N2C(=O)[C@@H](N=CN3CCCCCC3)[C@H]2SC1(C)C. The Morgan fingerprint density at radius 3 is 2.43 bits per heavy atom. The van der Waals surface area contributed by atoms with Gasteiger partial charge in [0.25, 0.3) is 5.91 Å². The second kappa shape index (κ2) is 8.77. The maximum atomic E-state index is 12.8. The van der Waals surface area contributed by atoms with Crippen molar-refractivity contribution in [1.82, 2.24) is 9.80 Å². The maximum Gasteiger partial charge on any atom is 0.516 e. The molecular weight excluding hydrogens is 406 g/mol. The summed E-state index contributed by atoms with van der Waals surface area (Å²) in [6.45, 7) is 11.6. The number of nitrogens with zero attached hydrogens (tertiary/aromatic N) is 3. The van der Waals surface area contributed by atoms with Gasteiger partial charge in [-0.05, 0) is 32.1 Å².